The first-order valence-electron chi connectivity index (χ1n) is 8.82. The lowest BCUT2D eigenvalue weighted by Crippen LogP contribution is -2.36. The van der Waals surface area contributed by atoms with Gasteiger partial charge in [0.25, 0.3) is 5.91 Å². The van der Waals surface area contributed by atoms with E-state index in [1.54, 1.807) is 36.3 Å². The van der Waals surface area contributed by atoms with Crippen molar-refractivity contribution >= 4 is 28.5 Å². The van der Waals surface area contributed by atoms with Crippen molar-refractivity contribution in [2.75, 3.05) is 18.6 Å². The van der Waals surface area contributed by atoms with Crippen molar-refractivity contribution in [2.45, 2.75) is 19.8 Å². The molecule has 2 aromatic carbocycles. The molecular weight excluding hydrogens is 344 g/mol. The van der Waals surface area contributed by atoms with Crippen LogP contribution in [0, 0.1) is 6.92 Å². The minimum Gasteiger partial charge on any atom is -0.497 e. The van der Waals surface area contributed by atoms with Crippen molar-refractivity contribution in [3.05, 3.63) is 58.8 Å². The molecule has 2 heterocycles. The summed E-state index contributed by atoms with van der Waals surface area (Å²) in [6.45, 7) is 2.43. The largest absolute Gasteiger partial charge is 0.497 e. The van der Waals surface area contributed by atoms with Gasteiger partial charge >= 0.3 is 0 Å². The second-order valence-electron chi connectivity index (χ2n) is 6.65. The van der Waals surface area contributed by atoms with Gasteiger partial charge in [0.15, 0.2) is 5.76 Å². The van der Waals surface area contributed by atoms with Crippen LogP contribution in [-0.4, -0.2) is 25.5 Å². The van der Waals surface area contributed by atoms with Gasteiger partial charge in [0.1, 0.15) is 11.3 Å². The van der Waals surface area contributed by atoms with Crippen molar-refractivity contribution in [1.29, 1.82) is 0 Å². The number of nitrogens with two attached hydrogens (primary N) is 1. The average Bonchev–Trinajstić information content (AvgIpc) is 3.02. The minimum atomic E-state index is -0.479. The molecule has 0 fully saturated rings. The molecule has 0 atom stereocenters. The number of carbonyl (C=O) groups excluding carboxylic acids is 2. The highest BCUT2D eigenvalue weighted by Gasteiger charge is 2.29. The molecule has 0 saturated heterocycles. The summed E-state index contributed by atoms with van der Waals surface area (Å²) in [7, 11) is 1.60. The fourth-order valence-corrected chi connectivity index (χ4v) is 3.72. The van der Waals surface area contributed by atoms with E-state index in [1.807, 2.05) is 19.1 Å². The van der Waals surface area contributed by atoms with Gasteiger partial charge in [0, 0.05) is 28.7 Å². The molecule has 4 rings (SSSR count). The first kappa shape index (κ1) is 17.1. The Hall–Kier alpha value is -3.28. The van der Waals surface area contributed by atoms with Gasteiger partial charge in [0.2, 0.25) is 5.91 Å². The lowest BCUT2D eigenvalue weighted by Gasteiger charge is -2.30. The van der Waals surface area contributed by atoms with Crippen LogP contribution >= 0.6 is 0 Å². The summed E-state index contributed by atoms with van der Waals surface area (Å²) >= 11 is 0. The van der Waals surface area contributed by atoms with Crippen LogP contribution in [0.25, 0.3) is 11.0 Å². The summed E-state index contributed by atoms with van der Waals surface area (Å²) in [6, 6.07) is 10.8. The molecule has 0 bridgehead atoms. The van der Waals surface area contributed by atoms with E-state index in [-0.39, 0.29) is 5.91 Å². The number of carbonyl (C=O) groups is 2. The number of hydrogen-bond acceptors (Lipinski definition) is 4. The standard InChI is InChI=1S/C21H20N2O4/c1-12-16-11-13(26-2)8-9-18(16)27-19(12)21(25)23-10-4-6-14-15(20(22)24)5-3-7-17(14)23/h3,5,7-9,11H,4,6,10H2,1-2H3,(H2,22,24). The first-order chi connectivity index (χ1) is 13.0. The number of methoxy groups -OCH3 is 1. The third kappa shape index (κ3) is 2.73. The Bertz CT molecular complexity index is 1070. The maximum absolute atomic E-state index is 13.3. The fourth-order valence-electron chi connectivity index (χ4n) is 3.72. The second kappa shape index (κ2) is 6.46. The van der Waals surface area contributed by atoms with E-state index in [9.17, 15) is 9.59 Å². The summed E-state index contributed by atoms with van der Waals surface area (Å²) in [5.41, 5.74) is 8.92. The highest BCUT2D eigenvalue weighted by atomic mass is 16.5. The number of rotatable bonds is 3. The van der Waals surface area contributed by atoms with Crippen LogP contribution in [0.2, 0.25) is 0 Å². The number of fused-ring (bicyclic) bond motifs is 2. The van der Waals surface area contributed by atoms with Gasteiger partial charge in [-0.3, -0.25) is 9.59 Å². The van der Waals surface area contributed by atoms with Gasteiger partial charge < -0.3 is 19.8 Å². The SMILES string of the molecule is COc1ccc2oc(C(=O)N3CCCc4c(C(N)=O)cccc43)c(C)c2c1. The van der Waals surface area contributed by atoms with Crippen molar-refractivity contribution in [3.8, 4) is 5.75 Å². The Morgan fingerprint density at radius 1 is 1.22 bits per heavy atom. The van der Waals surface area contributed by atoms with Crippen LogP contribution in [-0.2, 0) is 6.42 Å². The molecule has 0 spiro atoms. The normalized spacial score (nSPS) is 13.5. The first-order valence-corrected chi connectivity index (χ1v) is 8.82. The van der Waals surface area contributed by atoms with E-state index in [0.717, 1.165) is 28.6 Å². The molecule has 6 heteroatoms. The fraction of sp³-hybridized carbons (Fsp3) is 0.238. The van der Waals surface area contributed by atoms with E-state index in [1.165, 1.54) is 0 Å². The molecule has 1 aliphatic heterocycles. The average molecular weight is 364 g/mol. The highest BCUT2D eigenvalue weighted by Crippen LogP contribution is 2.34. The van der Waals surface area contributed by atoms with E-state index >= 15 is 0 Å². The van der Waals surface area contributed by atoms with Gasteiger partial charge in [0.05, 0.1) is 7.11 Å². The Kier molecular flexibility index (Phi) is 4.11. The molecule has 138 valence electrons. The van der Waals surface area contributed by atoms with E-state index < -0.39 is 5.91 Å². The summed E-state index contributed by atoms with van der Waals surface area (Å²) in [5, 5.41) is 0.848. The minimum absolute atomic E-state index is 0.217. The summed E-state index contributed by atoms with van der Waals surface area (Å²) in [6.07, 6.45) is 1.48. The molecule has 1 aliphatic rings. The molecule has 2 amide bonds. The zero-order chi connectivity index (χ0) is 19.1. The number of anilines is 1. The van der Waals surface area contributed by atoms with Crippen LogP contribution in [0.5, 0.6) is 5.75 Å². The molecule has 0 unspecified atom stereocenters. The number of amides is 2. The van der Waals surface area contributed by atoms with Crippen molar-refractivity contribution in [2.24, 2.45) is 5.73 Å². The molecule has 6 nitrogen and oxygen atoms in total. The summed E-state index contributed by atoms with van der Waals surface area (Å²) < 4.78 is 11.1. The van der Waals surface area contributed by atoms with E-state index in [2.05, 4.69) is 0 Å². The maximum Gasteiger partial charge on any atom is 0.294 e. The quantitative estimate of drug-likeness (QED) is 0.771. The van der Waals surface area contributed by atoms with Crippen LogP contribution < -0.4 is 15.4 Å². The number of ether oxygens (including phenoxy) is 1. The third-order valence-corrected chi connectivity index (χ3v) is 5.10. The molecular formula is C21H20N2O4. The zero-order valence-corrected chi connectivity index (χ0v) is 15.2. The van der Waals surface area contributed by atoms with E-state index in [4.69, 9.17) is 14.9 Å². The molecule has 1 aromatic heterocycles. The van der Waals surface area contributed by atoms with Crippen molar-refractivity contribution in [3.63, 3.8) is 0 Å². The molecule has 0 saturated carbocycles. The van der Waals surface area contributed by atoms with Crippen LogP contribution in [0.1, 0.15) is 38.5 Å². The number of hydrogen-bond donors (Lipinski definition) is 1. The monoisotopic (exact) mass is 364 g/mol. The summed E-state index contributed by atoms with van der Waals surface area (Å²) in [4.78, 5) is 26.7. The maximum atomic E-state index is 13.3. The number of furan rings is 1. The van der Waals surface area contributed by atoms with Gasteiger partial charge in [-0.15, -0.1) is 0 Å². The van der Waals surface area contributed by atoms with Gasteiger partial charge in [-0.1, -0.05) is 6.07 Å². The molecule has 0 radical (unpaired) electrons. The Balaban J connectivity index is 1.79. The highest BCUT2D eigenvalue weighted by molar-refractivity contribution is 6.09. The second-order valence-corrected chi connectivity index (χ2v) is 6.65. The lowest BCUT2D eigenvalue weighted by molar-refractivity contribution is 0.0956. The van der Waals surface area contributed by atoms with Crippen molar-refractivity contribution in [1.82, 2.24) is 0 Å². The van der Waals surface area contributed by atoms with Gasteiger partial charge in [-0.25, -0.2) is 0 Å². The Morgan fingerprint density at radius 2 is 2.04 bits per heavy atom. The van der Waals surface area contributed by atoms with Crippen LogP contribution in [0.3, 0.4) is 0 Å². The third-order valence-electron chi connectivity index (χ3n) is 5.10. The summed E-state index contributed by atoms with van der Waals surface area (Å²) in [5.74, 6) is 0.314. The number of benzene rings is 2. The smallest absolute Gasteiger partial charge is 0.294 e. The number of aryl methyl sites for hydroxylation is 1. The van der Waals surface area contributed by atoms with Crippen LogP contribution in [0.15, 0.2) is 40.8 Å². The topological polar surface area (TPSA) is 85.8 Å². The number of nitrogens with zero attached hydrogens (tertiary/aromatic N) is 1. The molecule has 0 aliphatic carbocycles. The molecule has 27 heavy (non-hydrogen) atoms. The van der Waals surface area contributed by atoms with Crippen molar-refractivity contribution < 1.29 is 18.7 Å². The molecule has 2 N–H and O–H groups in total. The van der Waals surface area contributed by atoms with Crippen LogP contribution in [0.4, 0.5) is 5.69 Å². The molecule has 3 aromatic rings. The van der Waals surface area contributed by atoms with E-state index in [0.29, 0.717) is 35.6 Å². The Labute approximate surface area is 156 Å². The lowest BCUT2D eigenvalue weighted by atomic mass is 9.95. The van der Waals surface area contributed by atoms with Gasteiger partial charge in [-0.2, -0.15) is 0 Å². The number of primary amides is 1. The predicted octanol–water partition coefficient (Wildman–Crippen LogP) is 3.44. The Morgan fingerprint density at radius 3 is 2.78 bits per heavy atom. The zero-order valence-electron chi connectivity index (χ0n) is 15.2. The van der Waals surface area contributed by atoms with Gasteiger partial charge in [-0.05, 0) is 55.7 Å². The predicted molar refractivity (Wildman–Crippen MR) is 102 cm³/mol.